The molecule has 1 fully saturated rings. The summed E-state index contributed by atoms with van der Waals surface area (Å²) in [6, 6.07) is 1.75. The lowest BCUT2D eigenvalue weighted by Gasteiger charge is -2.21. The molecule has 0 unspecified atom stereocenters. The molecule has 1 aromatic carbocycles. The van der Waals surface area contributed by atoms with Crippen LogP contribution in [0.25, 0.3) is 0 Å². The summed E-state index contributed by atoms with van der Waals surface area (Å²) >= 11 is 0. The molecule has 0 aromatic heterocycles. The number of carbonyl (C=O) groups is 1. The van der Waals surface area contributed by atoms with Gasteiger partial charge in [-0.1, -0.05) is 0 Å². The molecule has 1 saturated carbocycles. The number of halogens is 3. The highest BCUT2D eigenvalue weighted by molar-refractivity contribution is 5.95. The first-order valence-corrected chi connectivity index (χ1v) is 5.70. The average molecular weight is 258 g/mol. The van der Waals surface area contributed by atoms with Crippen molar-refractivity contribution < 1.29 is 18.0 Å². The minimum atomic E-state index is -1.62. The van der Waals surface area contributed by atoms with Gasteiger partial charge in [-0.05, 0) is 25.0 Å². The van der Waals surface area contributed by atoms with Gasteiger partial charge < -0.3 is 10.6 Å². The fraction of sp³-hybridized carbons (Fsp3) is 0.417. The van der Waals surface area contributed by atoms with Crippen LogP contribution in [0.4, 0.5) is 13.2 Å². The van der Waals surface area contributed by atoms with Gasteiger partial charge in [-0.3, -0.25) is 4.79 Å². The highest BCUT2D eigenvalue weighted by Gasteiger charge is 2.34. The summed E-state index contributed by atoms with van der Waals surface area (Å²) < 4.78 is 39.4. The van der Waals surface area contributed by atoms with E-state index in [-0.39, 0.29) is 19.1 Å². The predicted octanol–water partition coefficient (Wildman–Crippen LogP) is 1.67. The lowest BCUT2D eigenvalue weighted by atomic mass is 10.1. The van der Waals surface area contributed by atoms with E-state index in [4.69, 9.17) is 5.73 Å². The first-order valence-electron chi connectivity index (χ1n) is 5.70. The number of nitrogens with two attached hydrogens (primary N) is 1. The standard InChI is InChI=1S/C12H13F3N2O/c13-9-4-3-8(10(14)11(9)15)12(18)17(6-5-16)7-1-2-7/h3-4,7H,1-2,5-6,16H2. The normalized spacial score (nSPS) is 14.7. The highest BCUT2D eigenvalue weighted by atomic mass is 19.2. The van der Waals surface area contributed by atoms with Crippen molar-refractivity contribution in [3.05, 3.63) is 35.1 Å². The third-order valence-electron chi connectivity index (χ3n) is 2.88. The van der Waals surface area contributed by atoms with Crippen LogP contribution >= 0.6 is 0 Å². The van der Waals surface area contributed by atoms with Crippen molar-refractivity contribution in [2.24, 2.45) is 5.73 Å². The quantitative estimate of drug-likeness (QED) is 0.835. The second kappa shape index (κ2) is 4.97. The molecule has 0 atom stereocenters. The van der Waals surface area contributed by atoms with Gasteiger partial charge in [0.2, 0.25) is 0 Å². The Bertz CT molecular complexity index is 475. The van der Waals surface area contributed by atoms with E-state index in [0.29, 0.717) is 0 Å². The van der Waals surface area contributed by atoms with Crippen LogP contribution in [0.2, 0.25) is 0 Å². The second-order valence-corrected chi connectivity index (χ2v) is 4.24. The molecule has 1 aromatic rings. The topological polar surface area (TPSA) is 46.3 Å². The molecule has 2 rings (SSSR count). The van der Waals surface area contributed by atoms with E-state index < -0.39 is 28.9 Å². The van der Waals surface area contributed by atoms with Gasteiger partial charge in [0.1, 0.15) is 0 Å². The van der Waals surface area contributed by atoms with Crippen molar-refractivity contribution in [2.45, 2.75) is 18.9 Å². The number of hydrogen-bond donors (Lipinski definition) is 1. The number of nitrogens with zero attached hydrogens (tertiary/aromatic N) is 1. The van der Waals surface area contributed by atoms with E-state index in [0.717, 1.165) is 25.0 Å². The SMILES string of the molecule is NCCN(C(=O)c1ccc(F)c(F)c1F)C1CC1. The first-order chi connectivity index (χ1) is 8.56. The lowest BCUT2D eigenvalue weighted by Crippen LogP contribution is -2.37. The fourth-order valence-electron chi connectivity index (χ4n) is 1.82. The Balaban J connectivity index is 2.29. The van der Waals surface area contributed by atoms with Gasteiger partial charge in [0.15, 0.2) is 17.5 Å². The van der Waals surface area contributed by atoms with Crippen LogP contribution in [0.15, 0.2) is 12.1 Å². The molecule has 0 radical (unpaired) electrons. The molecule has 1 aliphatic carbocycles. The van der Waals surface area contributed by atoms with Gasteiger partial charge in [0, 0.05) is 19.1 Å². The molecule has 98 valence electrons. The van der Waals surface area contributed by atoms with Crippen LogP contribution in [0.3, 0.4) is 0 Å². The van der Waals surface area contributed by atoms with E-state index in [2.05, 4.69) is 0 Å². The number of amides is 1. The van der Waals surface area contributed by atoms with E-state index in [1.165, 1.54) is 4.90 Å². The smallest absolute Gasteiger partial charge is 0.257 e. The van der Waals surface area contributed by atoms with Gasteiger partial charge in [-0.2, -0.15) is 0 Å². The zero-order valence-corrected chi connectivity index (χ0v) is 9.63. The number of carbonyl (C=O) groups excluding carboxylic acids is 1. The Morgan fingerprint density at radius 1 is 1.28 bits per heavy atom. The van der Waals surface area contributed by atoms with Crippen molar-refractivity contribution in [3.63, 3.8) is 0 Å². The van der Waals surface area contributed by atoms with Crippen LogP contribution < -0.4 is 5.73 Å². The summed E-state index contributed by atoms with van der Waals surface area (Å²) in [7, 11) is 0. The molecule has 0 aliphatic heterocycles. The molecular formula is C12H13F3N2O. The maximum absolute atomic E-state index is 13.5. The molecule has 18 heavy (non-hydrogen) atoms. The highest BCUT2D eigenvalue weighted by Crippen LogP contribution is 2.28. The monoisotopic (exact) mass is 258 g/mol. The Morgan fingerprint density at radius 2 is 1.94 bits per heavy atom. The zero-order chi connectivity index (χ0) is 13.3. The summed E-state index contributed by atoms with van der Waals surface area (Å²) in [6.07, 6.45) is 1.66. The largest absolute Gasteiger partial charge is 0.334 e. The van der Waals surface area contributed by atoms with Gasteiger partial charge in [0.25, 0.3) is 5.91 Å². The maximum atomic E-state index is 13.5. The summed E-state index contributed by atoms with van der Waals surface area (Å²) in [5.41, 5.74) is 4.93. The van der Waals surface area contributed by atoms with E-state index in [1.807, 2.05) is 0 Å². The summed E-state index contributed by atoms with van der Waals surface area (Å²) in [4.78, 5) is 13.5. The van der Waals surface area contributed by atoms with Crippen LogP contribution in [0.1, 0.15) is 23.2 Å². The minimum Gasteiger partial charge on any atom is -0.334 e. The predicted molar refractivity (Wildman–Crippen MR) is 59.4 cm³/mol. The summed E-state index contributed by atoms with van der Waals surface area (Å²) in [6.45, 7) is 0.523. The molecular weight excluding hydrogens is 245 g/mol. The third-order valence-corrected chi connectivity index (χ3v) is 2.88. The van der Waals surface area contributed by atoms with Crippen LogP contribution in [0, 0.1) is 17.5 Å². The van der Waals surface area contributed by atoms with Gasteiger partial charge in [-0.15, -0.1) is 0 Å². The molecule has 0 spiro atoms. The first kappa shape index (κ1) is 12.9. The maximum Gasteiger partial charge on any atom is 0.257 e. The van der Waals surface area contributed by atoms with Crippen molar-refractivity contribution in [2.75, 3.05) is 13.1 Å². The number of benzene rings is 1. The van der Waals surface area contributed by atoms with Crippen LogP contribution in [-0.4, -0.2) is 29.9 Å². The number of hydrogen-bond acceptors (Lipinski definition) is 2. The third kappa shape index (κ3) is 2.33. The Labute approximate surface area is 102 Å². The molecule has 6 heteroatoms. The molecule has 2 N–H and O–H groups in total. The van der Waals surface area contributed by atoms with Gasteiger partial charge in [0.05, 0.1) is 5.56 Å². The zero-order valence-electron chi connectivity index (χ0n) is 9.63. The summed E-state index contributed by atoms with van der Waals surface area (Å²) in [5, 5.41) is 0. The molecule has 3 nitrogen and oxygen atoms in total. The molecule has 0 saturated heterocycles. The lowest BCUT2D eigenvalue weighted by molar-refractivity contribution is 0.0742. The fourth-order valence-corrected chi connectivity index (χ4v) is 1.82. The molecule has 1 amide bonds. The van der Waals surface area contributed by atoms with E-state index in [9.17, 15) is 18.0 Å². The van der Waals surface area contributed by atoms with E-state index in [1.54, 1.807) is 0 Å². The van der Waals surface area contributed by atoms with Crippen molar-refractivity contribution in [1.82, 2.24) is 4.90 Å². The Morgan fingerprint density at radius 3 is 2.50 bits per heavy atom. The molecule has 0 bridgehead atoms. The van der Waals surface area contributed by atoms with Crippen LogP contribution in [-0.2, 0) is 0 Å². The van der Waals surface area contributed by atoms with Gasteiger partial charge in [-0.25, -0.2) is 13.2 Å². The second-order valence-electron chi connectivity index (χ2n) is 4.24. The Kier molecular flexibility index (Phi) is 3.56. The molecule has 0 heterocycles. The van der Waals surface area contributed by atoms with E-state index >= 15 is 0 Å². The summed E-state index contributed by atoms with van der Waals surface area (Å²) in [5.74, 6) is -5.01. The molecule has 1 aliphatic rings. The Hall–Kier alpha value is -1.56. The van der Waals surface area contributed by atoms with Crippen molar-refractivity contribution in [3.8, 4) is 0 Å². The van der Waals surface area contributed by atoms with Crippen LogP contribution in [0.5, 0.6) is 0 Å². The van der Waals surface area contributed by atoms with Crippen molar-refractivity contribution in [1.29, 1.82) is 0 Å². The van der Waals surface area contributed by atoms with Gasteiger partial charge >= 0.3 is 0 Å². The van der Waals surface area contributed by atoms with Crippen molar-refractivity contribution >= 4 is 5.91 Å². The average Bonchev–Trinajstić information content (AvgIpc) is 3.17. The minimum absolute atomic E-state index is 0.0357. The number of rotatable bonds is 4.